The number of nitrogens with two attached hydrogens (primary N) is 3. The van der Waals surface area contributed by atoms with Gasteiger partial charge in [-0.2, -0.15) is 37.0 Å². The van der Waals surface area contributed by atoms with Gasteiger partial charge in [-0.15, -0.1) is 0 Å². The number of aliphatic carboxylic acids is 2. The zero-order valence-corrected chi connectivity index (χ0v) is 34.8. The molecule has 0 aliphatic rings. The number of nitrogens with zero attached hydrogens (tertiary/aromatic N) is 1. The molecular formula is C34H53N11O11S3. The second kappa shape index (κ2) is 28.2. The maximum absolute atomic E-state index is 13.7. The number of hydrogen-bond donors (Lipinski definition) is 14. The van der Waals surface area contributed by atoms with Crippen molar-refractivity contribution >= 4 is 96.3 Å². The first-order chi connectivity index (χ1) is 27.9. The molecule has 0 aliphatic carbocycles. The molecule has 25 heteroatoms. The highest BCUT2D eigenvalue weighted by Crippen LogP contribution is 2.08. The fourth-order valence-corrected chi connectivity index (χ4v) is 5.77. The maximum atomic E-state index is 13.7. The summed E-state index contributed by atoms with van der Waals surface area (Å²) in [4.78, 5) is 118. The Morgan fingerprint density at radius 1 is 0.695 bits per heavy atom. The van der Waals surface area contributed by atoms with E-state index in [1.807, 2.05) is 0 Å². The molecule has 1 aromatic carbocycles. The topological polar surface area (TPSA) is 369 Å². The van der Waals surface area contributed by atoms with Crippen LogP contribution in [0.4, 0.5) is 0 Å². The summed E-state index contributed by atoms with van der Waals surface area (Å²) in [7, 11) is 0. The molecule has 59 heavy (non-hydrogen) atoms. The number of rotatable bonds is 28. The van der Waals surface area contributed by atoms with Gasteiger partial charge < -0.3 is 64.6 Å². The van der Waals surface area contributed by atoms with Gasteiger partial charge in [0.2, 0.25) is 41.4 Å². The molecule has 0 saturated carbocycles. The van der Waals surface area contributed by atoms with Crippen LogP contribution in [0.1, 0.15) is 31.2 Å². The Hall–Kier alpha value is -5.27. The van der Waals surface area contributed by atoms with Gasteiger partial charge in [0.05, 0.1) is 25.6 Å². The van der Waals surface area contributed by atoms with Crippen LogP contribution in [0.5, 0.6) is 0 Å². The third-order valence-electron chi connectivity index (χ3n) is 7.96. The highest BCUT2D eigenvalue weighted by molar-refractivity contribution is 7.98. The van der Waals surface area contributed by atoms with Gasteiger partial charge in [-0.1, -0.05) is 30.3 Å². The first kappa shape index (κ1) is 51.7. The molecule has 0 fully saturated rings. The van der Waals surface area contributed by atoms with Gasteiger partial charge in [0.25, 0.3) is 0 Å². The van der Waals surface area contributed by atoms with Crippen molar-refractivity contribution < 1.29 is 53.4 Å². The first-order valence-corrected chi connectivity index (χ1v) is 20.6. The number of guanidine groups is 1. The molecule has 0 aliphatic heterocycles. The van der Waals surface area contributed by atoms with E-state index in [1.165, 1.54) is 11.8 Å². The lowest BCUT2D eigenvalue weighted by Crippen LogP contribution is -2.58. The third-order valence-corrected chi connectivity index (χ3v) is 9.37. The second-order valence-electron chi connectivity index (χ2n) is 12.7. The summed E-state index contributed by atoms with van der Waals surface area (Å²) < 4.78 is 0. The number of carbonyl (C=O) groups is 9. The highest BCUT2D eigenvalue weighted by atomic mass is 32.2. The summed E-state index contributed by atoms with van der Waals surface area (Å²) in [6.45, 7) is -1.27. The predicted octanol–water partition coefficient (Wildman–Crippen LogP) is -4.56. The van der Waals surface area contributed by atoms with E-state index in [0.29, 0.717) is 11.3 Å². The Balaban J connectivity index is 3.14. The van der Waals surface area contributed by atoms with Crippen LogP contribution in [-0.4, -0.2) is 149 Å². The number of nitrogens with one attached hydrogen (secondary N) is 7. The van der Waals surface area contributed by atoms with Crippen LogP contribution in [0, 0.1) is 0 Å². The number of carbonyl (C=O) groups excluding carboxylic acids is 7. The molecule has 0 aromatic heterocycles. The quantitative estimate of drug-likeness (QED) is 0.0163. The van der Waals surface area contributed by atoms with Crippen molar-refractivity contribution in [1.82, 2.24) is 37.2 Å². The van der Waals surface area contributed by atoms with Crippen molar-refractivity contribution in [3.8, 4) is 0 Å². The summed E-state index contributed by atoms with van der Waals surface area (Å²) in [5.74, 6) is -9.00. The number of amides is 7. The van der Waals surface area contributed by atoms with Crippen molar-refractivity contribution in [1.29, 1.82) is 0 Å². The molecule has 0 bridgehead atoms. The van der Waals surface area contributed by atoms with Crippen LogP contribution >= 0.6 is 37.0 Å². The maximum Gasteiger partial charge on any atom is 0.327 e. The van der Waals surface area contributed by atoms with Crippen LogP contribution in [0.15, 0.2) is 35.3 Å². The minimum atomic E-state index is -1.74. The van der Waals surface area contributed by atoms with Gasteiger partial charge in [0.1, 0.15) is 30.2 Å². The lowest BCUT2D eigenvalue weighted by molar-refractivity contribution is -0.141. The van der Waals surface area contributed by atoms with E-state index >= 15 is 0 Å². The molecule has 0 unspecified atom stereocenters. The zero-order valence-electron chi connectivity index (χ0n) is 32.2. The molecule has 0 radical (unpaired) electrons. The van der Waals surface area contributed by atoms with Crippen molar-refractivity contribution in [3.63, 3.8) is 0 Å². The van der Waals surface area contributed by atoms with E-state index in [9.17, 15) is 53.4 Å². The Labute approximate surface area is 355 Å². The number of carboxylic acids is 2. The van der Waals surface area contributed by atoms with Crippen LogP contribution in [0.25, 0.3) is 0 Å². The van der Waals surface area contributed by atoms with E-state index in [0.717, 1.165) is 0 Å². The third kappa shape index (κ3) is 21.3. The fraction of sp³-hybridized carbons (Fsp3) is 0.529. The Bertz CT molecular complexity index is 1640. The summed E-state index contributed by atoms with van der Waals surface area (Å²) in [6.07, 6.45) is 1.01. The Morgan fingerprint density at radius 3 is 1.75 bits per heavy atom. The molecule has 7 amide bonds. The molecule has 6 atom stereocenters. The molecule has 1 rings (SSSR count). The molecule has 15 N–H and O–H groups in total. The predicted molar refractivity (Wildman–Crippen MR) is 224 cm³/mol. The van der Waals surface area contributed by atoms with Crippen LogP contribution in [0.3, 0.4) is 0 Å². The molecule has 0 heterocycles. The first-order valence-electron chi connectivity index (χ1n) is 18.0. The molecule has 1 aromatic rings. The summed E-state index contributed by atoms with van der Waals surface area (Å²) in [5.41, 5.74) is 17.0. The highest BCUT2D eigenvalue weighted by Gasteiger charge is 2.32. The largest absolute Gasteiger partial charge is 0.481 e. The smallest absolute Gasteiger partial charge is 0.327 e. The fourth-order valence-electron chi connectivity index (χ4n) is 4.88. The number of aliphatic imine (C=N–C) groups is 1. The van der Waals surface area contributed by atoms with Crippen LogP contribution in [0.2, 0.25) is 0 Å². The van der Waals surface area contributed by atoms with Crippen LogP contribution < -0.4 is 54.4 Å². The number of thiol groups is 2. The van der Waals surface area contributed by atoms with Crippen molar-refractivity contribution in [2.24, 2.45) is 22.2 Å². The standard InChI is InChI=1S/C34H53N11O11S3/c1-59-11-9-21(31(53)45-22(12-18-6-3-2-4-7-18)30(52)40-15-26(47)42-24(17-58)33(55)56)44-32(54)23(13-27(48)49)41-25(46)14-39-29(51)20(8-5-10-38-34(36)37)43-28(50)19(35)16-57/h2-4,6-7,19-24,57-58H,5,8-17,35H2,1H3,(H,39,51)(H,40,52)(H,41,46)(H,42,47)(H,43,50)(H,44,54)(H,45,53)(H,48,49)(H,55,56)(H4,36,37,38)/t19-,20-,21-,22-,23-,24-/m0/s1. The van der Waals surface area contributed by atoms with Gasteiger partial charge in [0.15, 0.2) is 5.96 Å². The van der Waals surface area contributed by atoms with E-state index in [4.69, 9.17) is 17.2 Å². The Morgan fingerprint density at radius 2 is 1.22 bits per heavy atom. The summed E-state index contributed by atoms with van der Waals surface area (Å²) >= 11 is 9.17. The van der Waals surface area contributed by atoms with Crippen molar-refractivity contribution in [2.75, 3.05) is 43.1 Å². The van der Waals surface area contributed by atoms with Crippen molar-refractivity contribution in [2.45, 2.75) is 68.4 Å². The van der Waals surface area contributed by atoms with Gasteiger partial charge in [-0.3, -0.25) is 43.3 Å². The van der Waals surface area contributed by atoms with Gasteiger partial charge in [-0.05, 0) is 36.8 Å². The van der Waals surface area contributed by atoms with Crippen molar-refractivity contribution in [3.05, 3.63) is 35.9 Å². The number of thioether (sulfide) groups is 1. The lowest BCUT2D eigenvalue weighted by Gasteiger charge is -2.25. The average molecular weight is 888 g/mol. The number of carboxylic acid groups (broad SMARTS) is 2. The Kier molecular flexibility index (Phi) is 24.7. The summed E-state index contributed by atoms with van der Waals surface area (Å²) in [6, 6.07) is 0.547. The van der Waals surface area contributed by atoms with E-state index in [1.54, 1.807) is 36.6 Å². The van der Waals surface area contributed by atoms with Crippen LogP contribution in [-0.2, 0) is 49.6 Å². The van der Waals surface area contributed by atoms with Gasteiger partial charge in [0, 0.05) is 24.5 Å². The number of benzene rings is 1. The number of hydrogen-bond acceptors (Lipinski definition) is 14. The normalized spacial score (nSPS) is 13.7. The minimum absolute atomic E-state index is 0.00189. The average Bonchev–Trinajstić information content (AvgIpc) is 3.19. The molecule has 0 saturated heterocycles. The monoisotopic (exact) mass is 887 g/mol. The van der Waals surface area contributed by atoms with E-state index in [2.05, 4.69) is 67.5 Å². The molecule has 22 nitrogen and oxygen atoms in total. The molecule has 328 valence electrons. The lowest BCUT2D eigenvalue weighted by atomic mass is 10.0. The summed E-state index contributed by atoms with van der Waals surface area (Å²) in [5, 5.41) is 35.3. The molecular weight excluding hydrogens is 835 g/mol. The SMILES string of the molecule is CSCC[C@H](NC(=O)[C@H](CC(=O)O)NC(=O)CNC(=O)[C@H](CCCN=C(N)N)NC(=O)[C@@H](N)CS)C(=O)N[C@@H](Cc1ccccc1)C(=O)NCC(=O)N[C@@H](CS)C(=O)O. The van der Waals surface area contributed by atoms with E-state index in [-0.39, 0.29) is 49.7 Å². The minimum Gasteiger partial charge on any atom is -0.481 e. The second-order valence-corrected chi connectivity index (χ2v) is 14.4. The van der Waals surface area contributed by atoms with Gasteiger partial charge in [-0.25, -0.2) is 4.79 Å². The molecule has 0 spiro atoms. The zero-order chi connectivity index (χ0) is 44.5. The van der Waals surface area contributed by atoms with E-state index < -0.39 is 109 Å². The van der Waals surface area contributed by atoms with Gasteiger partial charge >= 0.3 is 11.9 Å².